The fourth-order valence-electron chi connectivity index (χ4n) is 2.70. The van der Waals surface area contributed by atoms with E-state index in [4.69, 9.17) is 9.47 Å². The number of epoxide rings is 1. The summed E-state index contributed by atoms with van der Waals surface area (Å²) < 4.78 is 10.8. The summed E-state index contributed by atoms with van der Waals surface area (Å²) >= 11 is 0. The zero-order valence-corrected chi connectivity index (χ0v) is 9.40. The maximum atomic E-state index is 11.8. The molecule has 0 unspecified atom stereocenters. The first kappa shape index (κ1) is 9.46. The van der Waals surface area contributed by atoms with Gasteiger partial charge in [-0.15, -0.1) is 0 Å². The van der Waals surface area contributed by atoms with Crippen molar-refractivity contribution in [2.24, 2.45) is 11.8 Å². The molecular weight excluding hydrogens is 194 g/mol. The fraction of sp³-hybridized carbons (Fsp3) is 0.909. The molecule has 0 aromatic heterocycles. The molecule has 2 aliphatic heterocycles. The summed E-state index contributed by atoms with van der Waals surface area (Å²) in [5.41, 5.74) is -0.391. The number of carbonyl (C=O) groups is 1. The highest BCUT2D eigenvalue weighted by atomic mass is 16.6. The molecule has 1 amide bonds. The zero-order chi connectivity index (χ0) is 10.8. The van der Waals surface area contributed by atoms with E-state index >= 15 is 0 Å². The van der Waals surface area contributed by atoms with E-state index in [1.807, 2.05) is 25.7 Å². The average molecular weight is 211 g/mol. The first-order chi connectivity index (χ1) is 6.96. The molecule has 84 valence electrons. The second kappa shape index (κ2) is 2.67. The van der Waals surface area contributed by atoms with Gasteiger partial charge in [-0.05, 0) is 20.8 Å². The van der Waals surface area contributed by atoms with Gasteiger partial charge in [0.25, 0.3) is 0 Å². The summed E-state index contributed by atoms with van der Waals surface area (Å²) in [6.07, 6.45) is 0.751. The van der Waals surface area contributed by atoms with E-state index in [9.17, 15) is 4.79 Å². The number of hydrogen-bond donors (Lipinski definition) is 0. The van der Waals surface area contributed by atoms with E-state index in [1.54, 1.807) is 0 Å². The lowest BCUT2D eigenvalue weighted by Crippen LogP contribution is -2.35. The molecule has 3 fully saturated rings. The van der Waals surface area contributed by atoms with Crippen LogP contribution in [0.25, 0.3) is 0 Å². The first-order valence-electron chi connectivity index (χ1n) is 5.59. The van der Waals surface area contributed by atoms with E-state index < -0.39 is 5.60 Å². The lowest BCUT2D eigenvalue weighted by Gasteiger charge is -2.24. The number of rotatable bonds is 0. The number of likely N-dealkylation sites (tertiary alicyclic amines) is 1. The second-order valence-corrected chi connectivity index (χ2v) is 5.78. The number of fused-ring (bicyclic) bond motifs is 4. The van der Waals surface area contributed by atoms with E-state index in [1.165, 1.54) is 0 Å². The van der Waals surface area contributed by atoms with Gasteiger partial charge in [-0.2, -0.15) is 0 Å². The maximum absolute atomic E-state index is 11.8. The molecule has 4 heteroatoms. The third-order valence-corrected chi connectivity index (χ3v) is 3.47. The Hall–Kier alpha value is -0.770. The number of carbonyl (C=O) groups excluding carboxylic acids is 1. The van der Waals surface area contributed by atoms with Crippen molar-refractivity contribution in [2.75, 3.05) is 13.1 Å². The third kappa shape index (κ3) is 1.42. The summed E-state index contributed by atoms with van der Waals surface area (Å²) in [4.78, 5) is 13.6. The lowest BCUT2D eigenvalue weighted by molar-refractivity contribution is 0.0282. The van der Waals surface area contributed by atoms with Crippen LogP contribution in [0.3, 0.4) is 0 Å². The molecule has 0 aromatic carbocycles. The van der Waals surface area contributed by atoms with Gasteiger partial charge in [0, 0.05) is 24.9 Å². The monoisotopic (exact) mass is 211 g/mol. The number of amides is 1. The van der Waals surface area contributed by atoms with Gasteiger partial charge >= 0.3 is 6.09 Å². The van der Waals surface area contributed by atoms with Crippen LogP contribution in [0, 0.1) is 11.8 Å². The minimum absolute atomic E-state index is 0.170. The minimum Gasteiger partial charge on any atom is -0.444 e. The molecule has 3 rings (SSSR count). The number of hydrogen-bond acceptors (Lipinski definition) is 3. The van der Waals surface area contributed by atoms with Gasteiger partial charge in [0.15, 0.2) is 0 Å². The van der Waals surface area contributed by atoms with Crippen molar-refractivity contribution >= 4 is 6.09 Å². The van der Waals surface area contributed by atoms with Gasteiger partial charge in [-0.25, -0.2) is 4.79 Å². The fourth-order valence-corrected chi connectivity index (χ4v) is 2.70. The van der Waals surface area contributed by atoms with Crippen molar-refractivity contribution in [3.05, 3.63) is 0 Å². The topological polar surface area (TPSA) is 42.1 Å². The number of ether oxygens (including phenoxy) is 2. The summed E-state index contributed by atoms with van der Waals surface area (Å²) in [5.74, 6) is 1.17. The summed E-state index contributed by atoms with van der Waals surface area (Å²) in [7, 11) is 0. The highest BCUT2D eigenvalue weighted by Crippen LogP contribution is 2.55. The highest BCUT2D eigenvalue weighted by molar-refractivity contribution is 5.68. The summed E-state index contributed by atoms with van der Waals surface area (Å²) in [5, 5.41) is 0. The molecule has 3 aliphatic rings. The van der Waals surface area contributed by atoms with E-state index in [-0.39, 0.29) is 6.09 Å². The molecule has 4 nitrogen and oxygen atoms in total. The quantitative estimate of drug-likeness (QED) is 0.566. The zero-order valence-electron chi connectivity index (χ0n) is 9.40. The van der Waals surface area contributed by atoms with Gasteiger partial charge in [0.1, 0.15) is 5.60 Å². The predicted octanol–water partition coefficient (Wildman–Crippen LogP) is 1.25. The van der Waals surface area contributed by atoms with Crippen molar-refractivity contribution in [1.29, 1.82) is 0 Å². The van der Waals surface area contributed by atoms with Gasteiger partial charge in [0.05, 0.1) is 12.2 Å². The third-order valence-electron chi connectivity index (χ3n) is 3.47. The van der Waals surface area contributed by atoms with Crippen LogP contribution >= 0.6 is 0 Å². The van der Waals surface area contributed by atoms with Crippen LogP contribution in [-0.4, -0.2) is 41.9 Å². The van der Waals surface area contributed by atoms with Crippen LogP contribution < -0.4 is 0 Å². The number of nitrogens with zero attached hydrogens (tertiary/aromatic N) is 1. The molecule has 0 aromatic rings. The van der Waals surface area contributed by atoms with Crippen molar-refractivity contribution < 1.29 is 14.3 Å². The van der Waals surface area contributed by atoms with Crippen LogP contribution in [0.2, 0.25) is 0 Å². The summed E-state index contributed by atoms with van der Waals surface area (Å²) in [6.45, 7) is 7.34. The Balaban J connectivity index is 1.58. The Morgan fingerprint density at radius 1 is 1.27 bits per heavy atom. The summed E-state index contributed by atoms with van der Waals surface area (Å²) in [6, 6.07) is 0. The largest absolute Gasteiger partial charge is 0.444 e. The van der Waals surface area contributed by atoms with Crippen LogP contribution in [0.5, 0.6) is 0 Å². The molecule has 0 N–H and O–H groups in total. The standard InChI is InChI=1S/C11H17NO3/c1-11(2,3)15-10(13)12-4-6-7(5-12)9-8(6)14-9/h6-9H,4-5H2,1-3H3/t6-,7+,8+,9-. The molecular formula is C11H17NO3. The van der Waals surface area contributed by atoms with Gasteiger partial charge in [0.2, 0.25) is 0 Å². The van der Waals surface area contributed by atoms with Crippen LogP contribution in [-0.2, 0) is 9.47 Å². The Morgan fingerprint density at radius 3 is 2.27 bits per heavy atom. The SMILES string of the molecule is CC(C)(C)OC(=O)N1C[C@@H]2[C@H](C1)[C@H]1O[C@@H]21. The predicted molar refractivity (Wildman–Crippen MR) is 53.4 cm³/mol. The maximum Gasteiger partial charge on any atom is 0.410 e. The van der Waals surface area contributed by atoms with Crippen LogP contribution in [0.4, 0.5) is 4.79 Å². The Bertz CT molecular complexity index is 293. The average Bonchev–Trinajstić information content (AvgIpc) is 2.67. The second-order valence-electron chi connectivity index (χ2n) is 5.78. The molecule has 2 saturated heterocycles. The van der Waals surface area contributed by atoms with Crippen LogP contribution in [0.15, 0.2) is 0 Å². The molecule has 0 spiro atoms. The van der Waals surface area contributed by atoms with Gasteiger partial charge in [-0.3, -0.25) is 0 Å². The van der Waals surface area contributed by atoms with Gasteiger partial charge < -0.3 is 14.4 Å². The van der Waals surface area contributed by atoms with Gasteiger partial charge in [-0.1, -0.05) is 0 Å². The molecule has 1 aliphatic carbocycles. The molecule has 0 bridgehead atoms. The normalized spacial score (nSPS) is 41.7. The van der Waals surface area contributed by atoms with Crippen LogP contribution in [0.1, 0.15) is 20.8 Å². The van der Waals surface area contributed by atoms with E-state index in [2.05, 4.69) is 0 Å². The Labute approximate surface area is 89.5 Å². The van der Waals surface area contributed by atoms with Crippen molar-refractivity contribution in [3.8, 4) is 0 Å². The Morgan fingerprint density at radius 2 is 1.80 bits per heavy atom. The molecule has 2 heterocycles. The molecule has 0 radical (unpaired) electrons. The van der Waals surface area contributed by atoms with Crippen molar-refractivity contribution in [1.82, 2.24) is 4.90 Å². The van der Waals surface area contributed by atoms with Crippen molar-refractivity contribution in [3.63, 3.8) is 0 Å². The molecule has 4 atom stereocenters. The smallest absolute Gasteiger partial charge is 0.410 e. The lowest BCUT2D eigenvalue weighted by atomic mass is 9.77. The highest BCUT2D eigenvalue weighted by Gasteiger charge is 2.67. The van der Waals surface area contributed by atoms with E-state index in [0.717, 1.165) is 13.1 Å². The molecule has 1 saturated carbocycles. The van der Waals surface area contributed by atoms with E-state index in [0.29, 0.717) is 24.0 Å². The molecule has 15 heavy (non-hydrogen) atoms. The Kier molecular flexibility index (Phi) is 1.68. The first-order valence-corrected chi connectivity index (χ1v) is 5.59. The van der Waals surface area contributed by atoms with Crippen molar-refractivity contribution in [2.45, 2.75) is 38.6 Å². The minimum atomic E-state index is -0.391.